The van der Waals surface area contributed by atoms with Crippen molar-refractivity contribution in [3.63, 3.8) is 0 Å². The third-order valence-electron chi connectivity index (χ3n) is 6.85. The van der Waals surface area contributed by atoms with Gasteiger partial charge in [-0.3, -0.25) is 14.8 Å². The molecular weight excluding hydrogens is 390 g/mol. The Morgan fingerprint density at radius 2 is 1.71 bits per heavy atom. The number of aliphatic imine (C=N–C) groups is 1. The van der Waals surface area contributed by atoms with E-state index in [4.69, 9.17) is 4.74 Å². The first-order valence-corrected chi connectivity index (χ1v) is 11.9. The zero-order valence-electron chi connectivity index (χ0n) is 19.0. The van der Waals surface area contributed by atoms with Crippen LogP contribution in [-0.4, -0.2) is 97.9 Å². The summed E-state index contributed by atoms with van der Waals surface area (Å²) < 4.78 is 5.47. The van der Waals surface area contributed by atoms with Crippen LogP contribution in [0.15, 0.2) is 29.3 Å². The minimum Gasteiger partial charge on any atom is -0.393 e. The smallest absolute Gasteiger partial charge is 0.193 e. The minimum absolute atomic E-state index is 0.107. The van der Waals surface area contributed by atoms with Crippen LogP contribution in [0.3, 0.4) is 0 Å². The molecule has 1 unspecified atom stereocenters. The average Bonchev–Trinajstić information content (AvgIpc) is 3.26. The number of nitrogens with one attached hydrogen (secondary N) is 1. The molecule has 31 heavy (non-hydrogen) atoms. The first-order chi connectivity index (χ1) is 15.2. The first-order valence-electron chi connectivity index (χ1n) is 11.9. The molecule has 7 heteroatoms. The van der Waals surface area contributed by atoms with Crippen molar-refractivity contribution in [3.8, 4) is 0 Å². The molecule has 0 aliphatic carbocycles. The molecule has 7 nitrogen and oxygen atoms in total. The number of likely N-dealkylation sites (tertiary alicyclic amines) is 2. The number of nitrogens with zero attached hydrogens (tertiary/aromatic N) is 4. The van der Waals surface area contributed by atoms with Gasteiger partial charge >= 0.3 is 0 Å². The number of hydrogen-bond acceptors (Lipinski definition) is 5. The summed E-state index contributed by atoms with van der Waals surface area (Å²) in [5, 5.41) is 13.2. The molecule has 3 aliphatic heterocycles. The van der Waals surface area contributed by atoms with Crippen LogP contribution in [0.2, 0.25) is 0 Å². The third kappa shape index (κ3) is 6.65. The molecule has 3 aliphatic rings. The topological polar surface area (TPSA) is 63.6 Å². The van der Waals surface area contributed by atoms with E-state index in [9.17, 15) is 5.11 Å². The van der Waals surface area contributed by atoms with Crippen LogP contribution in [0.1, 0.15) is 30.4 Å². The summed E-state index contributed by atoms with van der Waals surface area (Å²) in [6, 6.07) is 8.91. The second kappa shape index (κ2) is 11.3. The standard InChI is InChI=1S/C24H39N5O2/c1-25-24(29-11-6-22(19-29)18-28-12-14-31-15-13-28)26-16-20-2-4-21(5-3-20)17-27-9-7-23(30)8-10-27/h2-5,22-23,30H,6-19H2,1H3,(H,25,26). The number of rotatable bonds is 6. The predicted molar refractivity (Wildman–Crippen MR) is 124 cm³/mol. The number of ether oxygens (including phenoxy) is 1. The molecule has 172 valence electrons. The fraction of sp³-hybridized carbons (Fsp3) is 0.708. The van der Waals surface area contributed by atoms with Gasteiger partial charge in [-0.2, -0.15) is 0 Å². The van der Waals surface area contributed by atoms with Crippen LogP contribution in [0.4, 0.5) is 0 Å². The molecule has 0 amide bonds. The lowest BCUT2D eigenvalue weighted by molar-refractivity contribution is 0.0315. The summed E-state index contributed by atoms with van der Waals surface area (Å²) in [5.41, 5.74) is 2.62. The van der Waals surface area contributed by atoms with E-state index < -0.39 is 0 Å². The van der Waals surface area contributed by atoms with Crippen molar-refractivity contribution in [1.82, 2.24) is 20.0 Å². The number of piperidine rings is 1. The molecule has 0 radical (unpaired) electrons. The van der Waals surface area contributed by atoms with Crippen LogP contribution in [0, 0.1) is 5.92 Å². The van der Waals surface area contributed by atoms with E-state index in [-0.39, 0.29) is 6.10 Å². The normalized spacial score (nSPS) is 24.6. The second-order valence-corrected chi connectivity index (χ2v) is 9.24. The molecule has 2 N–H and O–H groups in total. The number of hydrogen-bond donors (Lipinski definition) is 2. The monoisotopic (exact) mass is 429 g/mol. The van der Waals surface area contributed by atoms with Crippen molar-refractivity contribution in [2.24, 2.45) is 10.9 Å². The zero-order valence-corrected chi connectivity index (χ0v) is 19.0. The van der Waals surface area contributed by atoms with Crippen LogP contribution >= 0.6 is 0 Å². The number of aliphatic hydroxyl groups is 1. The Labute approximate surface area is 187 Å². The number of benzene rings is 1. The van der Waals surface area contributed by atoms with Crippen molar-refractivity contribution < 1.29 is 9.84 Å². The largest absolute Gasteiger partial charge is 0.393 e. The Morgan fingerprint density at radius 1 is 1.00 bits per heavy atom. The highest BCUT2D eigenvalue weighted by atomic mass is 16.5. The average molecular weight is 430 g/mol. The van der Waals surface area contributed by atoms with Crippen molar-refractivity contribution in [2.75, 3.05) is 66.1 Å². The van der Waals surface area contributed by atoms with Gasteiger partial charge in [0, 0.05) is 66.0 Å². The molecule has 4 rings (SSSR count). The highest BCUT2D eigenvalue weighted by Gasteiger charge is 2.27. The Balaban J connectivity index is 1.20. The van der Waals surface area contributed by atoms with E-state index >= 15 is 0 Å². The fourth-order valence-electron chi connectivity index (χ4n) is 4.93. The van der Waals surface area contributed by atoms with Gasteiger partial charge in [0.15, 0.2) is 5.96 Å². The van der Waals surface area contributed by atoms with Gasteiger partial charge in [-0.25, -0.2) is 0 Å². The Kier molecular flexibility index (Phi) is 8.19. The quantitative estimate of drug-likeness (QED) is 0.526. The summed E-state index contributed by atoms with van der Waals surface area (Å²) in [7, 11) is 1.89. The molecular formula is C24H39N5O2. The van der Waals surface area contributed by atoms with Crippen LogP contribution in [0.5, 0.6) is 0 Å². The molecule has 1 aromatic rings. The van der Waals surface area contributed by atoms with Gasteiger partial charge in [0.1, 0.15) is 0 Å². The van der Waals surface area contributed by atoms with E-state index in [1.54, 1.807) is 0 Å². The summed E-state index contributed by atoms with van der Waals surface area (Å²) >= 11 is 0. The van der Waals surface area contributed by atoms with Crippen LogP contribution in [-0.2, 0) is 17.8 Å². The number of guanidine groups is 1. The van der Waals surface area contributed by atoms with Gasteiger partial charge < -0.3 is 20.1 Å². The molecule has 0 aromatic heterocycles. The third-order valence-corrected chi connectivity index (χ3v) is 6.85. The Hall–Kier alpha value is -1.67. The first kappa shape index (κ1) is 22.5. The summed E-state index contributed by atoms with van der Waals surface area (Å²) in [4.78, 5) is 11.9. The van der Waals surface area contributed by atoms with Crippen molar-refractivity contribution >= 4 is 5.96 Å². The van der Waals surface area contributed by atoms with E-state index in [0.717, 1.165) is 84.4 Å². The van der Waals surface area contributed by atoms with E-state index in [2.05, 4.69) is 49.3 Å². The Bertz CT molecular complexity index is 696. The number of morpholine rings is 1. The maximum absolute atomic E-state index is 9.67. The highest BCUT2D eigenvalue weighted by Crippen LogP contribution is 2.19. The second-order valence-electron chi connectivity index (χ2n) is 9.24. The molecule has 3 saturated heterocycles. The van der Waals surface area contributed by atoms with Gasteiger partial charge in [-0.05, 0) is 36.3 Å². The summed E-state index contributed by atoms with van der Waals surface area (Å²) in [6.45, 7) is 11.0. The molecule has 3 fully saturated rings. The minimum atomic E-state index is -0.107. The van der Waals surface area contributed by atoms with Gasteiger partial charge in [0.05, 0.1) is 19.3 Å². The van der Waals surface area contributed by atoms with Gasteiger partial charge in [-0.1, -0.05) is 24.3 Å². The van der Waals surface area contributed by atoms with Gasteiger partial charge in [0.25, 0.3) is 0 Å². The maximum atomic E-state index is 9.67. The number of aliphatic hydroxyl groups excluding tert-OH is 1. The molecule has 1 atom stereocenters. The zero-order chi connectivity index (χ0) is 21.5. The van der Waals surface area contributed by atoms with Crippen molar-refractivity contribution in [3.05, 3.63) is 35.4 Å². The molecule has 3 heterocycles. The SMILES string of the molecule is CN=C(NCc1ccc(CN2CCC(O)CC2)cc1)N1CCC(CN2CCOCC2)C1. The predicted octanol–water partition coefficient (Wildman–Crippen LogP) is 1.37. The fourth-order valence-corrected chi connectivity index (χ4v) is 4.93. The van der Waals surface area contributed by atoms with Crippen molar-refractivity contribution in [2.45, 2.75) is 38.5 Å². The van der Waals surface area contributed by atoms with E-state index in [0.29, 0.717) is 5.92 Å². The molecule has 1 aromatic carbocycles. The van der Waals surface area contributed by atoms with E-state index in [1.165, 1.54) is 24.1 Å². The molecule has 0 bridgehead atoms. The van der Waals surface area contributed by atoms with Crippen LogP contribution in [0.25, 0.3) is 0 Å². The van der Waals surface area contributed by atoms with Gasteiger partial charge in [0.2, 0.25) is 0 Å². The highest BCUT2D eigenvalue weighted by molar-refractivity contribution is 5.80. The lowest BCUT2D eigenvalue weighted by Crippen LogP contribution is -2.42. The van der Waals surface area contributed by atoms with Crippen LogP contribution < -0.4 is 5.32 Å². The lowest BCUT2D eigenvalue weighted by Gasteiger charge is -2.29. The van der Waals surface area contributed by atoms with E-state index in [1.807, 2.05) is 7.05 Å². The molecule has 0 saturated carbocycles. The molecule has 0 spiro atoms. The Morgan fingerprint density at radius 3 is 2.42 bits per heavy atom. The van der Waals surface area contributed by atoms with Crippen molar-refractivity contribution in [1.29, 1.82) is 0 Å². The lowest BCUT2D eigenvalue weighted by atomic mass is 10.1. The summed E-state index contributed by atoms with van der Waals surface area (Å²) in [5.74, 6) is 1.73. The summed E-state index contributed by atoms with van der Waals surface area (Å²) in [6.07, 6.45) is 2.92. The van der Waals surface area contributed by atoms with Gasteiger partial charge in [-0.15, -0.1) is 0 Å². The maximum Gasteiger partial charge on any atom is 0.193 e.